The monoisotopic (exact) mass is 632 g/mol. The summed E-state index contributed by atoms with van der Waals surface area (Å²) < 4.78 is 51.0. The van der Waals surface area contributed by atoms with Gasteiger partial charge in [-0.1, -0.05) is 73.2 Å². The van der Waals surface area contributed by atoms with Crippen LogP contribution >= 0.6 is 12.4 Å². The molecule has 2 aliphatic heterocycles. The summed E-state index contributed by atoms with van der Waals surface area (Å²) >= 11 is 0. The molecular weight excluding hydrogens is 595 g/mol. The lowest BCUT2D eigenvalue weighted by Gasteiger charge is -2.33. The van der Waals surface area contributed by atoms with Crippen LogP contribution in [-0.4, -0.2) is 49.8 Å². The summed E-state index contributed by atoms with van der Waals surface area (Å²) in [6, 6.07) is 22.8. The van der Waals surface area contributed by atoms with Crippen LogP contribution in [0.3, 0.4) is 0 Å². The minimum Gasteiger partial charge on any atom is -0.460 e. The maximum atomic E-state index is 13.5. The fourth-order valence-corrected chi connectivity index (χ4v) is 6.58. The van der Waals surface area contributed by atoms with E-state index in [2.05, 4.69) is 5.32 Å². The first-order valence-electron chi connectivity index (χ1n) is 14.3. The van der Waals surface area contributed by atoms with Crippen molar-refractivity contribution in [1.29, 1.82) is 0 Å². The molecule has 3 aromatic rings. The van der Waals surface area contributed by atoms with Gasteiger partial charge in [0, 0.05) is 6.54 Å². The molecule has 3 aromatic carbocycles. The molecule has 1 N–H and O–H groups in total. The number of hydrogen-bond donors (Lipinski definition) is 1. The molecule has 43 heavy (non-hydrogen) atoms. The molecule has 0 aromatic heterocycles. The van der Waals surface area contributed by atoms with E-state index in [4.69, 9.17) is 9.47 Å². The van der Waals surface area contributed by atoms with Crippen molar-refractivity contribution in [3.63, 3.8) is 0 Å². The topological polar surface area (TPSA) is 102 Å². The maximum Gasteiger partial charge on any atom is 0.324 e. The van der Waals surface area contributed by atoms with Gasteiger partial charge in [0.1, 0.15) is 31.1 Å². The average molecular weight is 633 g/mol. The van der Waals surface area contributed by atoms with Gasteiger partial charge in [0.15, 0.2) is 0 Å². The van der Waals surface area contributed by atoms with Crippen molar-refractivity contribution in [3.05, 3.63) is 102 Å². The van der Waals surface area contributed by atoms with Crippen LogP contribution in [-0.2, 0) is 42.3 Å². The Bertz CT molecular complexity index is 1410. The zero-order valence-corrected chi connectivity index (χ0v) is 25.5. The average Bonchev–Trinajstić information content (AvgIpc) is 3.04. The number of halogens is 2. The zero-order valence-electron chi connectivity index (χ0n) is 23.9. The second kappa shape index (κ2) is 17.1. The number of sulfonamides is 1. The number of nitrogens with zero attached hydrogens (tertiary/aromatic N) is 1. The van der Waals surface area contributed by atoms with Crippen molar-refractivity contribution in [2.75, 3.05) is 13.1 Å². The molecule has 0 unspecified atom stereocenters. The summed E-state index contributed by atoms with van der Waals surface area (Å²) in [6.07, 6.45) is 4.94. The van der Waals surface area contributed by atoms with Crippen LogP contribution in [0.15, 0.2) is 89.8 Å². The van der Waals surface area contributed by atoms with E-state index in [9.17, 15) is 22.4 Å². The lowest BCUT2D eigenvalue weighted by Crippen LogP contribution is -2.48. The van der Waals surface area contributed by atoms with E-state index in [1.54, 1.807) is 0 Å². The van der Waals surface area contributed by atoms with Crippen LogP contribution in [0.4, 0.5) is 4.39 Å². The molecule has 2 heterocycles. The number of carbonyl (C=O) groups is 2. The third kappa shape index (κ3) is 10.1. The van der Waals surface area contributed by atoms with Gasteiger partial charge in [-0.25, -0.2) is 12.8 Å². The molecular formula is C32H38ClFN2O6S. The third-order valence-corrected chi connectivity index (χ3v) is 9.08. The second-order valence-corrected chi connectivity index (χ2v) is 12.2. The Balaban J connectivity index is 0.000000256. The highest BCUT2D eigenvalue weighted by atomic mass is 35.5. The predicted molar refractivity (Wildman–Crippen MR) is 163 cm³/mol. The number of ether oxygens (including phenoxy) is 2. The smallest absolute Gasteiger partial charge is 0.324 e. The van der Waals surface area contributed by atoms with Crippen LogP contribution < -0.4 is 5.32 Å². The van der Waals surface area contributed by atoms with E-state index in [1.807, 2.05) is 60.7 Å². The third-order valence-electron chi connectivity index (χ3n) is 7.17. The van der Waals surface area contributed by atoms with Crippen molar-refractivity contribution in [2.24, 2.45) is 0 Å². The molecule has 0 bridgehead atoms. The first-order valence-corrected chi connectivity index (χ1v) is 15.7. The highest BCUT2D eigenvalue weighted by Gasteiger charge is 2.38. The lowest BCUT2D eigenvalue weighted by atomic mass is 10.1. The molecule has 0 spiro atoms. The molecule has 232 valence electrons. The quantitative estimate of drug-likeness (QED) is 0.332. The Labute approximate surface area is 259 Å². The van der Waals surface area contributed by atoms with Gasteiger partial charge in [0.05, 0.1) is 4.90 Å². The normalized spacial score (nSPS) is 18.7. The van der Waals surface area contributed by atoms with E-state index < -0.39 is 27.9 Å². The largest absolute Gasteiger partial charge is 0.460 e. The SMILES string of the molecule is Cl.O=C(OCc1ccccc1)[C@@H]1CCCCN1.O=C(OCc1ccccc1)[C@@H]1CCCCN1S(=O)(=O)c1cccc(F)c1. The molecule has 2 aliphatic rings. The second-order valence-electron chi connectivity index (χ2n) is 10.3. The summed E-state index contributed by atoms with van der Waals surface area (Å²) in [4.78, 5) is 24.1. The highest BCUT2D eigenvalue weighted by Crippen LogP contribution is 2.27. The Kier molecular flexibility index (Phi) is 13.6. The predicted octanol–water partition coefficient (Wildman–Crippen LogP) is 5.41. The van der Waals surface area contributed by atoms with Gasteiger partial charge in [-0.2, -0.15) is 4.31 Å². The summed E-state index contributed by atoms with van der Waals surface area (Å²) in [6.45, 7) is 1.59. The number of nitrogens with one attached hydrogen (secondary N) is 1. The fraction of sp³-hybridized carbons (Fsp3) is 0.375. The summed E-state index contributed by atoms with van der Waals surface area (Å²) in [5, 5.41) is 3.18. The van der Waals surface area contributed by atoms with E-state index >= 15 is 0 Å². The molecule has 2 saturated heterocycles. The molecule has 5 rings (SSSR count). The summed E-state index contributed by atoms with van der Waals surface area (Å²) in [5.74, 6) is -1.33. The van der Waals surface area contributed by atoms with Gasteiger partial charge in [0.2, 0.25) is 10.0 Å². The summed E-state index contributed by atoms with van der Waals surface area (Å²) in [7, 11) is -3.97. The van der Waals surface area contributed by atoms with Crippen molar-refractivity contribution in [3.8, 4) is 0 Å². The van der Waals surface area contributed by atoms with Gasteiger partial charge in [-0.05, 0) is 68.0 Å². The van der Waals surface area contributed by atoms with E-state index in [1.165, 1.54) is 18.2 Å². The molecule has 2 atom stereocenters. The molecule has 0 amide bonds. The minimum atomic E-state index is -3.97. The standard InChI is InChI=1S/C19H20FNO4S.C13H17NO2.ClH/c20-16-9-6-10-17(13-16)26(23,24)21-12-5-4-11-18(21)19(22)25-14-15-7-2-1-3-8-15;15-13(12-8-4-5-9-14-12)16-10-11-6-2-1-3-7-11;/h1-3,6-10,13,18H,4-5,11-12,14H2;1-3,6-7,12,14H,4-5,8-10H2;1H/t18-;12-;/m00./s1. The van der Waals surface area contributed by atoms with Crippen LogP contribution in [0.1, 0.15) is 49.7 Å². The molecule has 8 nitrogen and oxygen atoms in total. The highest BCUT2D eigenvalue weighted by molar-refractivity contribution is 7.89. The number of hydrogen-bond acceptors (Lipinski definition) is 7. The van der Waals surface area contributed by atoms with Gasteiger partial charge >= 0.3 is 11.9 Å². The van der Waals surface area contributed by atoms with E-state index in [-0.39, 0.29) is 42.5 Å². The van der Waals surface area contributed by atoms with Crippen LogP contribution in [0.5, 0.6) is 0 Å². The fourth-order valence-electron chi connectivity index (χ4n) is 4.90. The zero-order chi connectivity index (χ0) is 29.8. The van der Waals surface area contributed by atoms with Gasteiger partial charge in [-0.3, -0.25) is 9.59 Å². The molecule has 2 fully saturated rings. The lowest BCUT2D eigenvalue weighted by molar-refractivity contribution is -0.150. The van der Waals surface area contributed by atoms with E-state index in [0.717, 1.165) is 53.7 Å². The molecule has 0 radical (unpaired) electrons. The molecule has 11 heteroatoms. The molecule has 0 saturated carbocycles. The van der Waals surface area contributed by atoms with Crippen molar-refractivity contribution in [2.45, 2.75) is 68.7 Å². The van der Waals surface area contributed by atoms with Gasteiger partial charge < -0.3 is 14.8 Å². The first-order chi connectivity index (χ1) is 20.3. The number of carbonyl (C=O) groups excluding carboxylic acids is 2. The molecule has 0 aliphatic carbocycles. The van der Waals surface area contributed by atoms with Crippen molar-refractivity contribution < 1.29 is 31.9 Å². The number of esters is 2. The van der Waals surface area contributed by atoms with E-state index in [0.29, 0.717) is 19.4 Å². The minimum absolute atomic E-state index is 0. The Hall–Kier alpha value is -3.31. The van der Waals surface area contributed by atoms with Crippen LogP contribution in [0.2, 0.25) is 0 Å². The van der Waals surface area contributed by atoms with Crippen LogP contribution in [0, 0.1) is 5.82 Å². The number of benzene rings is 3. The first kappa shape index (κ1) is 34.2. The Morgan fingerprint density at radius 1 is 0.791 bits per heavy atom. The maximum absolute atomic E-state index is 13.5. The van der Waals surface area contributed by atoms with Crippen LogP contribution in [0.25, 0.3) is 0 Å². The Morgan fingerprint density at radius 2 is 1.40 bits per heavy atom. The van der Waals surface area contributed by atoms with Gasteiger partial charge in [-0.15, -0.1) is 12.4 Å². The van der Waals surface area contributed by atoms with Gasteiger partial charge in [0.25, 0.3) is 0 Å². The number of rotatable bonds is 8. The van der Waals surface area contributed by atoms with Crippen molar-refractivity contribution in [1.82, 2.24) is 9.62 Å². The van der Waals surface area contributed by atoms with Crippen molar-refractivity contribution >= 4 is 34.4 Å². The number of piperidine rings is 2. The summed E-state index contributed by atoms with van der Waals surface area (Å²) in [5.41, 5.74) is 1.86. The Morgan fingerprint density at radius 3 is 1.98 bits per heavy atom.